The van der Waals surface area contributed by atoms with E-state index in [1.54, 1.807) is 30.3 Å². The van der Waals surface area contributed by atoms with E-state index in [0.29, 0.717) is 63.7 Å². The van der Waals surface area contributed by atoms with Gasteiger partial charge in [0.15, 0.2) is 17.4 Å². The van der Waals surface area contributed by atoms with Crippen LogP contribution >= 0.6 is 0 Å². The van der Waals surface area contributed by atoms with E-state index >= 15 is 0 Å². The second-order valence-electron chi connectivity index (χ2n) is 10.4. The van der Waals surface area contributed by atoms with Crippen LogP contribution in [0.25, 0.3) is 10.9 Å². The van der Waals surface area contributed by atoms with Crippen LogP contribution in [-0.2, 0) is 0 Å². The molecule has 3 aromatic carbocycles. The van der Waals surface area contributed by atoms with E-state index in [2.05, 4.69) is 16.9 Å². The molecule has 206 valence electrons. The number of nitrogens with zero attached hydrogens (tertiary/aromatic N) is 3. The van der Waals surface area contributed by atoms with E-state index in [1.807, 2.05) is 30.1 Å². The highest BCUT2D eigenvalue weighted by Crippen LogP contribution is 2.36. The van der Waals surface area contributed by atoms with Crippen LogP contribution in [0.2, 0.25) is 0 Å². The summed E-state index contributed by atoms with van der Waals surface area (Å²) in [7, 11) is 3.97. The van der Waals surface area contributed by atoms with E-state index < -0.39 is 5.82 Å². The van der Waals surface area contributed by atoms with E-state index in [9.17, 15) is 14.3 Å². The van der Waals surface area contributed by atoms with Crippen molar-refractivity contribution in [2.24, 2.45) is 4.99 Å². The number of carbonyl (C=O) groups excluding carboxylic acids is 1. The molecule has 2 aliphatic rings. The first-order valence-electron chi connectivity index (χ1n) is 13.4. The Morgan fingerprint density at radius 1 is 1.00 bits per heavy atom. The number of piperidine rings is 1. The van der Waals surface area contributed by atoms with E-state index in [0.717, 1.165) is 25.9 Å². The summed E-state index contributed by atoms with van der Waals surface area (Å²) >= 11 is 0. The SMILES string of the molecule is CN1CCC(N(C)C(=O)c2ccc(N=C(c3ccc4c(c3)OCCO4)c3c(O)[nH]c4cc(F)ccc34)cc2)CC1. The molecule has 0 aliphatic carbocycles. The van der Waals surface area contributed by atoms with Gasteiger partial charge in [-0.3, -0.25) is 4.79 Å². The summed E-state index contributed by atoms with van der Waals surface area (Å²) in [5.41, 5.74) is 3.23. The molecule has 1 saturated heterocycles. The number of hydrogen-bond acceptors (Lipinski definition) is 6. The van der Waals surface area contributed by atoms with Gasteiger partial charge in [-0.25, -0.2) is 9.38 Å². The van der Waals surface area contributed by atoms with Gasteiger partial charge in [0, 0.05) is 29.6 Å². The van der Waals surface area contributed by atoms with E-state index in [-0.39, 0.29) is 17.8 Å². The first-order valence-corrected chi connectivity index (χ1v) is 13.4. The normalized spacial score (nSPS) is 16.3. The third kappa shape index (κ3) is 5.00. The van der Waals surface area contributed by atoms with Crippen molar-refractivity contribution in [2.75, 3.05) is 40.4 Å². The van der Waals surface area contributed by atoms with Crippen LogP contribution < -0.4 is 9.47 Å². The largest absolute Gasteiger partial charge is 0.494 e. The maximum atomic E-state index is 13.9. The van der Waals surface area contributed by atoms with Gasteiger partial charge in [0.25, 0.3) is 5.91 Å². The average Bonchev–Trinajstić information content (AvgIpc) is 3.30. The van der Waals surface area contributed by atoms with Crippen LogP contribution in [0.15, 0.2) is 65.7 Å². The molecule has 1 fully saturated rings. The van der Waals surface area contributed by atoms with Gasteiger partial charge >= 0.3 is 0 Å². The van der Waals surface area contributed by atoms with Gasteiger partial charge in [-0.15, -0.1) is 0 Å². The Hall–Kier alpha value is -4.37. The molecule has 9 heteroatoms. The number of ether oxygens (including phenoxy) is 2. The third-order valence-corrected chi connectivity index (χ3v) is 7.70. The number of nitrogens with one attached hydrogen (secondary N) is 1. The lowest BCUT2D eigenvalue weighted by Gasteiger charge is -2.35. The number of H-pyrrole nitrogens is 1. The predicted octanol–water partition coefficient (Wildman–Crippen LogP) is 5.12. The predicted molar refractivity (Wildman–Crippen MR) is 152 cm³/mol. The molecule has 0 bridgehead atoms. The van der Waals surface area contributed by atoms with Gasteiger partial charge in [-0.2, -0.15) is 0 Å². The number of aromatic nitrogens is 1. The van der Waals surface area contributed by atoms with Crippen molar-refractivity contribution in [3.05, 3.63) is 83.2 Å². The Balaban J connectivity index is 1.37. The standard InChI is InChI=1S/C31H31FN4O4/c1-35-13-11-23(12-14-35)36(2)31(38)19-3-7-22(8-4-19)33-29(20-5-10-26-27(17-20)40-16-15-39-26)28-24-9-6-21(32)18-25(24)34-30(28)37/h3-10,17-18,23,34,37H,11-16H2,1-2H3. The summed E-state index contributed by atoms with van der Waals surface area (Å²) in [4.78, 5) is 25.1. The Morgan fingerprint density at radius 3 is 2.45 bits per heavy atom. The van der Waals surface area contributed by atoms with Crippen LogP contribution in [0.1, 0.15) is 34.3 Å². The van der Waals surface area contributed by atoms with E-state index in [4.69, 9.17) is 14.5 Å². The summed E-state index contributed by atoms with van der Waals surface area (Å²) < 4.78 is 25.4. The number of aromatic hydroxyl groups is 1. The second-order valence-corrected chi connectivity index (χ2v) is 10.4. The first-order chi connectivity index (χ1) is 19.4. The highest BCUT2D eigenvalue weighted by atomic mass is 19.1. The highest BCUT2D eigenvalue weighted by Gasteiger charge is 2.25. The molecular formula is C31H31FN4O4. The lowest BCUT2D eigenvalue weighted by Crippen LogP contribution is -2.44. The van der Waals surface area contributed by atoms with Gasteiger partial charge in [-0.05, 0) is 93.6 Å². The number of aliphatic imine (C=N–C) groups is 1. The summed E-state index contributed by atoms with van der Waals surface area (Å²) in [6.07, 6.45) is 1.91. The smallest absolute Gasteiger partial charge is 0.253 e. The number of carbonyl (C=O) groups is 1. The van der Waals surface area contributed by atoms with Gasteiger partial charge in [-0.1, -0.05) is 0 Å². The topological polar surface area (TPSA) is 90.4 Å². The zero-order valence-corrected chi connectivity index (χ0v) is 22.5. The highest BCUT2D eigenvalue weighted by molar-refractivity contribution is 6.22. The third-order valence-electron chi connectivity index (χ3n) is 7.70. The minimum absolute atomic E-state index is 0.0200. The Morgan fingerprint density at radius 2 is 1.70 bits per heavy atom. The molecule has 6 rings (SSSR count). The summed E-state index contributed by atoms with van der Waals surface area (Å²) in [6, 6.07) is 17.1. The molecule has 1 aromatic heterocycles. The number of likely N-dealkylation sites (tertiary alicyclic amines) is 1. The van der Waals surface area contributed by atoms with Crippen LogP contribution in [0.4, 0.5) is 10.1 Å². The number of aromatic amines is 1. The zero-order chi connectivity index (χ0) is 27.8. The number of rotatable bonds is 5. The zero-order valence-electron chi connectivity index (χ0n) is 22.5. The van der Waals surface area contributed by atoms with Crippen molar-refractivity contribution in [3.63, 3.8) is 0 Å². The minimum atomic E-state index is -0.413. The van der Waals surface area contributed by atoms with Crippen molar-refractivity contribution < 1.29 is 23.8 Å². The molecule has 3 heterocycles. The molecule has 0 atom stereocenters. The minimum Gasteiger partial charge on any atom is -0.494 e. The van der Waals surface area contributed by atoms with Gasteiger partial charge < -0.3 is 29.4 Å². The van der Waals surface area contributed by atoms with Crippen molar-refractivity contribution >= 4 is 28.2 Å². The fourth-order valence-corrected chi connectivity index (χ4v) is 5.41. The molecule has 0 radical (unpaired) electrons. The second kappa shape index (κ2) is 10.7. The molecule has 1 amide bonds. The lowest BCUT2D eigenvalue weighted by molar-refractivity contribution is 0.0659. The van der Waals surface area contributed by atoms with Crippen molar-refractivity contribution in [1.82, 2.24) is 14.8 Å². The maximum Gasteiger partial charge on any atom is 0.253 e. The number of amides is 1. The van der Waals surface area contributed by atoms with Gasteiger partial charge in [0.05, 0.1) is 22.5 Å². The molecule has 0 unspecified atom stereocenters. The molecular weight excluding hydrogens is 511 g/mol. The Kier molecular flexibility index (Phi) is 6.89. The molecule has 0 saturated carbocycles. The molecule has 40 heavy (non-hydrogen) atoms. The van der Waals surface area contributed by atoms with Crippen LogP contribution in [0, 0.1) is 5.82 Å². The maximum absolute atomic E-state index is 13.9. The van der Waals surface area contributed by atoms with Gasteiger partial charge in [0.1, 0.15) is 19.0 Å². The number of benzene rings is 3. The van der Waals surface area contributed by atoms with Crippen LogP contribution in [0.3, 0.4) is 0 Å². The summed E-state index contributed by atoms with van der Waals surface area (Å²) in [5.74, 6) is 0.661. The van der Waals surface area contributed by atoms with Crippen molar-refractivity contribution in [3.8, 4) is 17.4 Å². The molecule has 8 nitrogen and oxygen atoms in total. The molecule has 0 spiro atoms. The number of hydrogen-bond donors (Lipinski definition) is 2. The number of fused-ring (bicyclic) bond motifs is 2. The van der Waals surface area contributed by atoms with Gasteiger partial charge in [0.2, 0.25) is 0 Å². The van der Waals surface area contributed by atoms with Crippen molar-refractivity contribution in [2.45, 2.75) is 18.9 Å². The fraction of sp³-hybridized carbons (Fsp3) is 0.290. The first kappa shape index (κ1) is 25.9. The Labute approximate surface area is 231 Å². The van der Waals surface area contributed by atoms with E-state index in [1.165, 1.54) is 12.1 Å². The molecule has 2 aliphatic heterocycles. The Bertz CT molecular complexity index is 1590. The van der Waals surface area contributed by atoms with Crippen molar-refractivity contribution in [1.29, 1.82) is 0 Å². The van der Waals surface area contributed by atoms with Crippen LogP contribution in [-0.4, -0.2) is 77.9 Å². The molecule has 2 N–H and O–H groups in total. The monoisotopic (exact) mass is 542 g/mol. The molecule has 4 aromatic rings. The summed E-state index contributed by atoms with van der Waals surface area (Å²) in [6.45, 7) is 2.86. The summed E-state index contributed by atoms with van der Waals surface area (Å²) in [5, 5.41) is 11.5. The van der Waals surface area contributed by atoms with Crippen LogP contribution in [0.5, 0.6) is 17.4 Å². The lowest BCUT2D eigenvalue weighted by atomic mass is 10.00. The average molecular weight is 543 g/mol. The number of halogens is 1. The quantitative estimate of drug-likeness (QED) is 0.342. The fourth-order valence-electron chi connectivity index (χ4n) is 5.41.